The van der Waals surface area contributed by atoms with Gasteiger partial charge in [0.15, 0.2) is 0 Å². The topological polar surface area (TPSA) is 21.3 Å². The number of benzene rings is 1. The second kappa shape index (κ2) is 8.31. The molecular weight excluding hydrogens is 198 g/mol. The van der Waals surface area contributed by atoms with Gasteiger partial charge in [-0.25, -0.2) is 0 Å². The summed E-state index contributed by atoms with van der Waals surface area (Å²) in [5.74, 6) is 0. The van der Waals surface area contributed by atoms with Crippen molar-refractivity contribution in [2.45, 2.75) is 32.7 Å². The van der Waals surface area contributed by atoms with Gasteiger partial charge in [0.05, 0.1) is 13.2 Å². The predicted octanol–water partition coefficient (Wildman–Crippen LogP) is 2.63. The molecule has 0 fully saturated rings. The summed E-state index contributed by atoms with van der Waals surface area (Å²) in [4.78, 5) is 0. The fraction of sp³-hybridized carbons (Fsp3) is 0.571. The van der Waals surface area contributed by atoms with Crippen LogP contribution in [0, 0.1) is 0 Å². The molecule has 0 aliphatic heterocycles. The summed E-state index contributed by atoms with van der Waals surface area (Å²) in [6, 6.07) is 10.9. The molecule has 0 amide bonds. The van der Waals surface area contributed by atoms with E-state index in [2.05, 4.69) is 43.4 Å². The molecule has 0 bridgehead atoms. The molecule has 90 valence electrons. The Kier molecular flexibility index (Phi) is 6.86. The van der Waals surface area contributed by atoms with E-state index in [1.165, 1.54) is 12.0 Å². The first-order chi connectivity index (χ1) is 7.83. The lowest BCUT2D eigenvalue weighted by atomic mass is 10.2. The van der Waals surface area contributed by atoms with Crippen molar-refractivity contribution >= 4 is 0 Å². The van der Waals surface area contributed by atoms with Crippen LogP contribution < -0.4 is 5.32 Å². The highest BCUT2D eigenvalue weighted by Gasteiger charge is 1.99. The number of rotatable bonds is 8. The van der Waals surface area contributed by atoms with Crippen LogP contribution >= 0.6 is 0 Å². The fourth-order valence-electron chi connectivity index (χ4n) is 1.54. The van der Waals surface area contributed by atoms with Crippen molar-refractivity contribution in [2.75, 3.05) is 19.8 Å². The maximum atomic E-state index is 5.63. The molecule has 16 heavy (non-hydrogen) atoms. The van der Waals surface area contributed by atoms with Crippen molar-refractivity contribution in [1.82, 2.24) is 5.32 Å². The third kappa shape index (κ3) is 5.89. The Bertz CT molecular complexity index is 261. The zero-order valence-corrected chi connectivity index (χ0v) is 10.4. The number of ether oxygens (including phenoxy) is 1. The van der Waals surface area contributed by atoms with Crippen molar-refractivity contribution in [3.8, 4) is 0 Å². The van der Waals surface area contributed by atoms with E-state index in [-0.39, 0.29) is 0 Å². The first-order valence-electron chi connectivity index (χ1n) is 6.18. The van der Waals surface area contributed by atoms with E-state index in [4.69, 9.17) is 4.74 Å². The summed E-state index contributed by atoms with van der Waals surface area (Å²) in [6.45, 7) is 7.02. The highest BCUT2D eigenvalue weighted by Crippen LogP contribution is 1.99. The normalized spacial score (nSPS) is 12.6. The van der Waals surface area contributed by atoms with Crippen LogP contribution in [0.15, 0.2) is 30.3 Å². The largest absolute Gasteiger partial charge is 0.380 e. The molecule has 1 unspecified atom stereocenters. The Labute approximate surface area is 99.0 Å². The number of nitrogens with one attached hydrogen (secondary N) is 1. The van der Waals surface area contributed by atoms with E-state index in [9.17, 15) is 0 Å². The van der Waals surface area contributed by atoms with Gasteiger partial charge in [-0.05, 0) is 31.9 Å². The SMILES string of the molecule is CCCNC(C)COCCc1ccccc1. The minimum Gasteiger partial charge on any atom is -0.380 e. The zero-order valence-electron chi connectivity index (χ0n) is 10.4. The molecule has 0 saturated heterocycles. The molecule has 0 radical (unpaired) electrons. The maximum absolute atomic E-state index is 5.63. The quantitative estimate of drug-likeness (QED) is 0.681. The summed E-state index contributed by atoms with van der Waals surface area (Å²) >= 11 is 0. The summed E-state index contributed by atoms with van der Waals surface area (Å²) in [5.41, 5.74) is 1.34. The average molecular weight is 221 g/mol. The Balaban J connectivity index is 2.03. The van der Waals surface area contributed by atoms with Crippen LogP contribution in [-0.4, -0.2) is 25.8 Å². The molecule has 2 nitrogen and oxygen atoms in total. The highest BCUT2D eigenvalue weighted by molar-refractivity contribution is 5.14. The molecule has 0 saturated carbocycles. The monoisotopic (exact) mass is 221 g/mol. The molecule has 0 spiro atoms. The first kappa shape index (κ1) is 13.2. The Hall–Kier alpha value is -0.860. The van der Waals surface area contributed by atoms with Gasteiger partial charge >= 0.3 is 0 Å². The van der Waals surface area contributed by atoms with Gasteiger partial charge < -0.3 is 10.1 Å². The van der Waals surface area contributed by atoms with Gasteiger partial charge in [-0.2, -0.15) is 0 Å². The smallest absolute Gasteiger partial charge is 0.0617 e. The van der Waals surface area contributed by atoms with E-state index in [0.717, 1.165) is 26.2 Å². The predicted molar refractivity (Wildman–Crippen MR) is 68.7 cm³/mol. The molecule has 1 aromatic carbocycles. The Morgan fingerprint density at radius 2 is 2.00 bits per heavy atom. The first-order valence-corrected chi connectivity index (χ1v) is 6.18. The summed E-state index contributed by atoms with van der Waals surface area (Å²) < 4.78 is 5.63. The Morgan fingerprint density at radius 3 is 2.69 bits per heavy atom. The van der Waals surface area contributed by atoms with E-state index < -0.39 is 0 Å². The molecule has 0 heterocycles. The van der Waals surface area contributed by atoms with Crippen LogP contribution in [0.25, 0.3) is 0 Å². The van der Waals surface area contributed by atoms with Gasteiger partial charge in [0.25, 0.3) is 0 Å². The van der Waals surface area contributed by atoms with E-state index in [1.54, 1.807) is 0 Å². The fourth-order valence-corrected chi connectivity index (χ4v) is 1.54. The molecule has 0 aliphatic rings. The minimum atomic E-state index is 0.454. The zero-order chi connectivity index (χ0) is 11.6. The lowest BCUT2D eigenvalue weighted by molar-refractivity contribution is 0.118. The molecule has 1 aromatic rings. The molecule has 1 N–H and O–H groups in total. The van der Waals surface area contributed by atoms with Gasteiger partial charge in [0, 0.05) is 6.04 Å². The second-order valence-corrected chi connectivity index (χ2v) is 4.17. The van der Waals surface area contributed by atoms with Crippen molar-refractivity contribution in [2.24, 2.45) is 0 Å². The van der Waals surface area contributed by atoms with Crippen LogP contribution in [0.4, 0.5) is 0 Å². The van der Waals surface area contributed by atoms with E-state index in [0.29, 0.717) is 6.04 Å². The van der Waals surface area contributed by atoms with Crippen molar-refractivity contribution in [1.29, 1.82) is 0 Å². The lowest BCUT2D eigenvalue weighted by Gasteiger charge is -2.13. The average Bonchev–Trinajstić information content (AvgIpc) is 2.33. The molecule has 2 heteroatoms. The van der Waals surface area contributed by atoms with Crippen LogP contribution in [0.1, 0.15) is 25.8 Å². The summed E-state index contributed by atoms with van der Waals surface area (Å²) in [5, 5.41) is 3.41. The molecule has 1 atom stereocenters. The maximum Gasteiger partial charge on any atom is 0.0617 e. The third-order valence-corrected chi connectivity index (χ3v) is 2.49. The van der Waals surface area contributed by atoms with Gasteiger partial charge in [0.1, 0.15) is 0 Å². The van der Waals surface area contributed by atoms with Gasteiger partial charge in [-0.15, -0.1) is 0 Å². The highest BCUT2D eigenvalue weighted by atomic mass is 16.5. The number of hydrogen-bond donors (Lipinski definition) is 1. The van der Waals surface area contributed by atoms with E-state index >= 15 is 0 Å². The summed E-state index contributed by atoms with van der Waals surface area (Å²) in [6.07, 6.45) is 2.18. The van der Waals surface area contributed by atoms with Gasteiger partial charge in [-0.3, -0.25) is 0 Å². The van der Waals surface area contributed by atoms with Gasteiger partial charge in [0.2, 0.25) is 0 Å². The molecule has 0 aliphatic carbocycles. The van der Waals surface area contributed by atoms with Crippen LogP contribution in [0.5, 0.6) is 0 Å². The number of hydrogen-bond acceptors (Lipinski definition) is 2. The standard InChI is InChI=1S/C14H23NO/c1-3-10-15-13(2)12-16-11-9-14-7-5-4-6-8-14/h4-8,13,15H,3,9-12H2,1-2H3. The van der Waals surface area contributed by atoms with E-state index in [1.807, 2.05) is 6.07 Å². The van der Waals surface area contributed by atoms with Crippen molar-refractivity contribution < 1.29 is 4.74 Å². The minimum absolute atomic E-state index is 0.454. The molecule has 0 aromatic heterocycles. The van der Waals surface area contributed by atoms with Crippen molar-refractivity contribution in [3.05, 3.63) is 35.9 Å². The van der Waals surface area contributed by atoms with Crippen molar-refractivity contribution in [3.63, 3.8) is 0 Å². The van der Waals surface area contributed by atoms with Crippen LogP contribution in [0.3, 0.4) is 0 Å². The third-order valence-electron chi connectivity index (χ3n) is 2.49. The van der Waals surface area contributed by atoms with Crippen LogP contribution in [0.2, 0.25) is 0 Å². The lowest BCUT2D eigenvalue weighted by Crippen LogP contribution is -2.31. The molecular formula is C14H23NO. The molecule has 1 rings (SSSR count). The van der Waals surface area contributed by atoms with Crippen LogP contribution in [-0.2, 0) is 11.2 Å². The van der Waals surface area contributed by atoms with Gasteiger partial charge in [-0.1, -0.05) is 37.3 Å². The second-order valence-electron chi connectivity index (χ2n) is 4.17. The Morgan fingerprint density at radius 1 is 1.25 bits per heavy atom. The summed E-state index contributed by atoms with van der Waals surface area (Å²) in [7, 11) is 0.